The smallest absolute Gasteiger partial charge is 0.317 e. The maximum Gasteiger partial charge on any atom is 0.416 e. The average Bonchev–Trinajstić information content (AvgIpc) is 3.04. The highest BCUT2D eigenvalue weighted by Crippen LogP contribution is 2.33. The molecule has 0 unspecified atom stereocenters. The van der Waals surface area contributed by atoms with Gasteiger partial charge in [-0.3, -0.25) is 10.1 Å². The Morgan fingerprint density at radius 1 is 1.20 bits per heavy atom. The number of nitrogens with one attached hydrogen (secondary N) is 1. The second kappa shape index (κ2) is 6.51. The Balaban J connectivity index is 1.68. The minimum absolute atomic E-state index is 0.00207. The van der Waals surface area contributed by atoms with E-state index in [4.69, 9.17) is 0 Å². The van der Waals surface area contributed by atoms with Gasteiger partial charge in [0.2, 0.25) is 0 Å². The molecule has 0 fully saturated rings. The van der Waals surface area contributed by atoms with E-state index in [0.29, 0.717) is 6.54 Å². The number of carbonyl (C=O) groups is 2. The van der Waals surface area contributed by atoms with Crippen molar-refractivity contribution in [2.45, 2.75) is 25.6 Å². The summed E-state index contributed by atoms with van der Waals surface area (Å²) in [7, 11) is 0. The highest BCUT2D eigenvalue weighted by Gasteiger charge is 2.31. The lowest BCUT2D eigenvalue weighted by Crippen LogP contribution is -2.46. The van der Waals surface area contributed by atoms with Crippen LogP contribution in [0.3, 0.4) is 0 Å². The van der Waals surface area contributed by atoms with Gasteiger partial charge in [-0.05, 0) is 54.6 Å². The Kier molecular flexibility index (Phi) is 4.55. The summed E-state index contributed by atoms with van der Waals surface area (Å²) in [4.78, 5) is 27.3. The minimum atomic E-state index is -4.47. The van der Waals surface area contributed by atoms with Crippen molar-refractivity contribution in [1.82, 2.24) is 10.2 Å². The molecular weight excluding hydrogens is 353 g/mol. The zero-order valence-corrected chi connectivity index (χ0v) is 14.1. The average molecular weight is 368 g/mol. The molecule has 4 nitrogen and oxygen atoms in total. The van der Waals surface area contributed by atoms with Gasteiger partial charge >= 0.3 is 12.2 Å². The number of alkyl halides is 3. The van der Waals surface area contributed by atoms with Crippen LogP contribution in [0.4, 0.5) is 18.0 Å². The zero-order valence-electron chi connectivity index (χ0n) is 13.3. The Bertz CT molecular complexity index is 799. The molecule has 0 spiro atoms. The van der Waals surface area contributed by atoms with Gasteiger partial charge in [0, 0.05) is 17.0 Å². The second-order valence-electron chi connectivity index (χ2n) is 5.75. The lowest BCUT2D eigenvalue weighted by atomic mass is 10.0. The van der Waals surface area contributed by atoms with Gasteiger partial charge in [0.15, 0.2) is 0 Å². The highest BCUT2D eigenvalue weighted by atomic mass is 32.1. The first-order valence-electron chi connectivity index (χ1n) is 7.63. The normalized spacial score (nSPS) is 17.1. The van der Waals surface area contributed by atoms with Gasteiger partial charge in [0.1, 0.15) is 0 Å². The summed E-state index contributed by atoms with van der Waals surface area (Å²) in [5.74, 6) is -0.720. The van der Waals surface area contributed by atoms with Crippen molar-refractivity contribution in [1.29, 1.82) is 0 Å². The van der Waals surface area contributed by atoms with Crippen molar-refractivity contribution in [2.24, 2.45) is 0 Å². The maximum atomic E-state index is 12.6. The Hall–Kier alpha value is -2.35. The van der Waals surface area contributed by atoms with Crippen molar-refractivity contribution in [3.63, 3.8) is 0 Å². The predicted octanol–water partition coefficient (Wildman–Crippen LogP) is 4.24. The number of hydrogen-bond acceptors (Lipinski definition) is 3. The maximum absolute atomic E-state index is 12.6. The van der Waals surface area contributed by atoms with E-state index in [1.165, 1.54) is 4.88 Å². The number of nitrogens with zero attached hydrogens (tertiary/aromatic N) is 1. The molecule has 0 aliphatic carbocycles. The highest BCUT2D eigenvalue weighted by molar-refractivity contribution is 7.10. The summed E-state index contributed by atoms with van der Waals surface area (Å²) in [6, 6.07) is 5.01. The largest absolute Gasteiger partial charge is 0.416 e. The molecule has 1 N–H and O–H groups in total. The molecule has 25 heavy (non-hydrogen) atoms. The standard InChI is InChI=1S/C17H15F3N2O2S/c1-10-13-7-9-25-14(13)6-8-22(10)16(24)21-15(23)11-2-4-12(5-3-11)17(18,19)20/h2-5,7,9-10H,6,8H2,1H3,(H,21,23,24)/t10-/m1/s1. The van der Waals surface area contributed by atoms with E-state index in [1.54, 1.807) is 16.2 Å². The van der Waals surface area contributed by atoms with Crippen LogP contribution < -0.4 is 5.32 Å². The number of thiophene rings is 1. The fraction of sp³-hybridized carbons (Fsp3) is 0.294. The third-order valence-electron chi connectivity index (χ3n) is 4.23. The first-order chi connectivity index (χ1) is 11.8. The Labute approximate surface area is 146 Å². The number of rotatable bonds is 1. The molecule has 0 saturated carbocycles. The van der Waals surface area contributed by atoms with Gasteiger partial charge in [-0.25, -0.2) is 4.79 Å². The monoisotopic (exact) mass is 368 g/mol. The molecule has 1 aliphatic heterocycles. The number of fused-ring (bicyclic) bond motifs is 1. The summed E-state index contributed by atoms with van der Waals surface area (Å²) in [6.07, 6.45) is -3.74. The number of carbonyl (C=O) groups excluding carboxylic acids is 2. The summed E-state index contributed by atoms with van der Waals surface area (Å²) in [5, 5.41) is 4.22. The van der Waals surface area contributed by atoms with E-state index >= 15 is 0 Å². The molecule has 132 valence electrons. The van der Waals surface area contributed by atoms with E-state index in [2.05, 4.69) is 5.32 Å². The molecule has 0 bridgehead atoms. The van der Waals surface area contributed by atoms with E-state index in [1.807, 2.05) is 18.4 Å². The van der Waals surface area contributed by atoms with E-state index < -0.39 is 23.7 Å². The lowest BCUT2D eigenvalue weighted by Gasteiger charge is -2.33. The van der Waals surface area contributed by atoms with E-state index in [9.17, 15) is 22.8 Å². The number of hydrogen-bond donors (Lipinski definition) is 1. The summed E-state index contributed by atoms with van der Waals surface area (Å²) < 4.78 is 37.7. The molecule has 0 radical (unpaired) electrons. The van der Waals surface area contributed by atoms with Crippen LogP contribution in [0.25, 0.3) is 0 Å². The topological polar surface area (TPSA) is 49.4 Å². The molecule has 3 amide bonds. The van der Waals surface area contributed by atoms with Crippen LogP contribution in [0.5, 0.6) is 0 Å². The van der Waals surface area contributed by atoms with Crippen LogP contribution in [0.2, 0.25) is 0 Å². The molecule has 8 heteroatoms. The lowest BCUT2D eigenvalue weighted by molar-refractivity contribution is -0.137. The van der Waals surface area contributed by atoms with Crippen molar-refractivity contribution in [3.8, 4) is 0 Å². The van der Waals surface area contributed by atoms with Gasteiger partial charge in [-0.2, -0.15) is 13.2 Å². The van der Waals surface area contributed by atoms with Crippen LogP contribution in [-0.4, -0.2) is 23.4 Å². The molecular formula is C17H15F3N2O2S. The molecule has 1 aliphatic rings. The third kappa shape index (κ3) is 3.53. The summed E-state index contributed by atoms with van der Waals surface area (Å²) in [6.45, 7) is 2.37. The number of imide groups is 1. The quantitative estimate of drug-likeness (QED) is 0.819. The Morgan fingerprint density at radius 3 is 2.52 bits per heavy atom. The first kappa shape index (κ1) is 17.5. The molecule has 1 aromatic carbocycles. The third-order valence-corrected chi connectivity index (χ3v) is 5.23. The Morgan fingerprint density at radius 2 is 1.88 bits per heavy atom. The SMILES string of the molecule is C[C@@H]1c2ccsc2CCN1C(=O)NC(=O)c1ccc(C(F)(F)F)cc1. The fourth-order valence-electron chi connectivity index (χ4n) is 2.84. The number of amides is 3. The van der Waals surface area contributed by atoms with Crippen LogP contribution >= 0.6 is 11.3 Å². The van der Waals surface area contributed by atoms with Crippen molar-refractivity contribution in [2.75, 3.05) is 6.54 Å². The molecule has 1 aromatic heterocycles. The number of benzene rings is 1. The first-order valence-corrected chi connectivity index (χ1v) is 8.51. The van der Waals surface area contributed by atoms with Gasteiger partial charge < -0.3 is 4.90 Å². The molecule has 1 atom stereocenters. The number of urea groups is 1. The van der Waals surface area contributed by atoms with E-state index in [-0.39, 0.29) is 11.6 Å². The van der Waals surface area contributed by atoms with E-state index in [0.717, 1.165) is 36.2 Å². The van der Waals surface area contributed by atoms with Crippen LogP contribution in [-0.2, 0) is 12.6 Å². The molecule has 2 aromatic rings. The van der Waals surface area contributed by atoms with Crippen LogP contribution in [0, 0.1) is 0 Å². The van der Waals surface area contributed by atoms with Crippen molar-refractivity contribution >= 4 is 23.3 Å². The number of halogens is 3. The van der Waals surface area contributed by atoms with Crippen LogP contribution in [0.15, 0.2) is 35.7 Å². The van der Waals surface area contributed by atoms with Gasteiger partial charge in [0.25, 0.3) is 5.91 Å². The fourth-order valence-corrected chi connectivity index (χ4v) is 3.80. The van der Waals surface area contributed by atoms with Crippen LogP contribution in [0.1, 0.15) is 39.3 Å². The predicted molar refractivity (Wildman–Crippen MR) is 87.5 cm³/mol. The molecule has 2 heterocycles. The zero-order chi connectivity index (χ0) is 18.2. The second-order valence-corrected chi connectivity index (χ2v) is 6.75. The van der Waals surface area contributed by atoms with Crippen molar-refractivity contribution < 1.29 is 22.8 Å². The van der Waals surface area contributed by atoms with Crippen molar-refractivity contribution in [3.05, 3.63) is 57.3 Å². The van der Waals surface area contributed by atoms with Gasteiger partial charge in [-0.15, -0.1) is 11.3 Å². The summed E-state index contributed by atoms with van der Waals surface area (Å²) >= 11 is 1.64. The van der Waals surface area contributed by atoms with Gasteiger partial charge in [-0.1, -0.05) is 0 Å². The summed E-state index contributed by atoms with van der Waals surface area (Å²) in [5.41, 5.74) is 0.223. The minimum Gasteiger partial charge on any atom is -0.317 e. The molecule has 3 rings (SSSR count). The molecule has 0 saturated heterocycles. The van der Waals surface area contributed by atoms with Gasteiger partial charge in [0.05, 0.1) is 11.6 Å².